The predicted octanol–water partition coefficient (Wildman–Crippen LogP) is 6.21. The molecule has 3 nitrogen and oxygen atoms in total. The Morgan fingerprint density at radius 2 is 1.87 bits per heavy atom. The molecule has 114 valence electrons. The molecular weight excluding hydrogens is 376 g/mol. The van der Waals surface area contributed by atoms with Crippen LogP contribution in [0.15, 0.2) is 57.4 Å². The minimum Gasteiger partial charge on any atom is -0.453 e. The average Bonchev–Trinajstić information content (AvgIpc) is 3.12. The number of furan rings is 1. The van der Waals surface area contributed by atoms with Crippen LogP contribution in [0.5, 0.6) is 0 Å². The number of rotatable bonds is 2. The number of imidazole rings is 1. The van der Waals surface area contributed by atoms with Gasteiger partial charge in [0, 0.05) is 10.0 Å². The van der Waals surface area contributed by atoms with Crippen molar-refractivity contribution in [2.24, 2.45) is 0 Å². The summed E-state index contributed by atoms with van der Waals surface area (Å²) in [5, 5.41) is 0.639. The summed E-state index contributed by atoms with van der Waals surface area (Å²) in [6.07, 6.45) is 0. The number of hydrogen-bond acceptors (Lipinski definition) is 2. The van der Waals surface area contributed by atoms with E-state index in [1.54, 1.807) is 0 Å². The predicted molar refractivity (Wildman–Crippen MR) is 96.7 cm³/mol. The third-order valence-corrected chi connectivity index (χ3v) is 4.48. The van der Waals surface area contributed by atoms with E-state index in [4.69, 9.17) is 16.0 Å². The number of aromatic nitrogens is 2. The van der Waals surface area contributed by atoms with Gasteiger partial charge < -0.3 is 9.40 Å². The molecule has 2 heterocycles. The van der Waals surface area contributed by atoms with E-state index < -0.39 is 0 Å². The molecule has 4 rings (SSSR count). The zero-order valence-electron chi connectivity index (χ0n) is 12.2. The van der Waals surface area contributed by atoms with E-state index in [9.17, 15) is 0 Å². The molecule has 4 aromatic rings. The number of benzene rings is 2. The average molecular weight is 388 g/mol. The molecule has 0 amide bonds. The smallest absolute Gasteiger partial charge is 0.174 e. The maximum atomic E-state index is 6.29. The summed E-state index contributed by atoms with van der Waals surface area (Å²) in [6.45, 7) is 2.06. The van der Waals surface area contributed by atoms with Crippen LogP contribution in [0.25, 0.3) is 33.9 Å². The molecule has 2 aromatic heterocycles. The SMILES string of the molecule is Cc1ccc2nc(-c3ccc(-c4ccc(Br)cc4Cl)o3)[nH]c2c1. The lowest BCUT2D eigenvalue weighted by molar-refractivity contribution is 0.593. The number of nitrogens with zero attached hydrogens (tertiary/aromatic N) is 1. The second-order valence-corrected chi connectivity index (χ2v) is 6.72. The highest BCUT2D eigenvalue weighted by molar-refractivity contribution is 9.10. The summed E-state index contributed by atoms with van der Waals surface area (Å²) in [5.41, 5.74) is 3.97. The number of H-pyrrole nitrogens is 1. The maximum absolute atomic E-state index is 6.29. The van der Waals surface area contributed by atoms with Crippen molar-refractivity contribution < 1.29 is 4.42 Å². The molecular formula is C18H12BrClN2O. The third-order valence-electron chi connectivity index (χ3n) is 3.67. The van der Waals surface area contributed by atoms with Gasteiger partial charge in [-0.1, -0.05) is 33.6 Å². The summed E-state index contributed by atoms with van der Waals surface area (Å²) in [6, 6.07) is 15.6. The van der Waals surface area contributed by atoms with Gasteiger partial charge in [0.2, 0.25) is 0 Å². The highest BCUT2D eigenvalue weighted by Crippen LogP contribution is 2.34. The van der Waals surface area contributed by atoms with Crippen molar-refractivity contribution in [2.45, 2.75) is 6.92 Å². The van der Waals surface area contributed by atoms with Crippen molar-refractivity contribution in [3.8, 4) is 22.9 Å². The fourth-order valence-corrected chi connectivity index (χ4v) is 3.31. The third kappa shape index (κ3) is 2.69. The van der Waals surface area contributed by atoms with Crippen LogP contribution in [-0.2, 0) is 0 Å². The van der Waals surface area contributed by atoms with Gasteiger partial charge in [-0.2, -0.15) is 0 Å². The molecule has 23 heavy (non-hydrogen) atoms. The Hall–Kier alpha value is -2.04. The number of halogens is 2. The Kier molecular flexibility index (Phi) is 3.51. The molecule has 5 heteroatoms. The number of fused-ring (bicyclic) bond motifs is 1. The summed E-state index contributed by atoms with van der Waals surface area (Å²) >= 11 is 9.69. The fourth-order valence-electron chi connectivity index (χ4n) is 2.54. The second kappa shape index (κ2) is 5.55. The Morgan fingerprint density at radius 1 is 1.04 bits per heavy atom. The van der Waals surface area contributed by atoms with Gasteiger partial charge in [-0.3, -0.25) is 0 Å². The van der Waals surface area contributed by atoms with E-state index in [0.717, 1.165) is 21.1 Å². The van der Waals surface area contributed by atoms with Crippen LogP contribution >= 0.6 is 27.5 Å². The van der Waals surface area contributed by atoms with E-state index in [2.05, 4.69) is 38.9 Å². The Morgan fingerprint density at radius 3 is 2.70 bits per heavy atom. The van der Waals surface area contributed by atoms with Crippen molar-refractivity contribution in [1.29, 1.82) is 0 Å². The molecule has 0 bridgehead atoms. The molecule has 0 radical (unpaired) electrons. The van der Waals surface area contributed by atoms with Crippen LogP contribution in [0.2, 0.25) is 5.02 Å². The molecule has 0 saturated heterocycles. The highest BCUT2D eigenvalue weighted by atomic mass is 79.9. The number of hydrogen-bond donors (Lipinski definition) is 1. The highest BCUT2D eigenvalue weighted by Gasteiger charge is 2.13. The molecule has 1 N–H and O–H groups in total. The van der Waals surface area contributed by atoms with Crippen molar-refractivity contribution in [1.82, 2.24) is 9.97 Å². The van der Waals surface area contributed by atoms with Crippen molar-refractivity contribution in [3.05, 3.63) is 63.6 Å². The monoisotopic (exact) mass is 386 g/mol. The van der Waals surface area contributed by atoms with Crippen LogP contribution in [-0.4, -0.2) is 9.97 Å². The zero-order chi connectivity index (χ0) is 16.0. The first-order valence-electron chi connectivity index (χ1n) is 7.12. The normalized spacial score (nSPS) is 11.3. The molecule has 2 aromatic carbocycles. The Labute approximate surface area is 146 Å². The molecule has 0 saturated carbocycles. The van der Waals surface area contributed by atoms with Crippen LogP contribution in [0.1, 0.15) is 5.56 Å². The van der Waals surface area contributed by atoms with Gasteiger partial charge in [-0.25, -0.2) is 4.98 Å². The van der Waals surface area contributed by atoms with Gasteiger partial charge in [0.05, 0.1) is 16.1 Å². The number of nitrogens with one attached hydrogen (secondary N) is 1. The van der Waals surface area contributed by atoms with E-state index in [-0.39, 0.29) is 0 Å². The Balaban J connectivity index is 1.76. The first kappa shape index (κ1) is 14.5. The summed E-state index contributed by atoms with van der Waals surface area (Å²) in [4.78, 5) is 7.87. The van der Waals surface area contributed by atoms with Gasteiger partial charge in [0.25, 0.3) is 0 Å². The van der Waals surface area contributed by atoms with Gasteiger partial charge in [-0.15, -0.1) is 0 Å². The van der Waals surface area contributed by atoms with E-state index in [1.807, 2.05) is 42.5 Å². The van der Waals surface area contributed by atoms with Crippen molar-refractivity contribution in [3.63, 3.8) is 0 Å². The van der Waals surface area contributed by atoms with E-state index in [1.165, 1.54) is 5.56 Å². The fraction of sp³-hybridized carbons (Fsp3) is 0.0556. The molecule has 0 atom stereocenters. The van der Waals surface area contributed by atoms with E-state index >= 15 is 0 Å². The van der Waals surface area contributed by atoms with Crippen LogP contribution < -0.4 is 0 Å². The largest absolute Gasteiger partial charge is 0.453 e. The summed E-state index contributed by atoms with van der Waals surface area (Å²) < 4.78 is 6.88. The van der Waals surface area contributed by atoms with Crippen molar-refractivity contribution >= 4 is 38.6 Å². The number of aryl methyl sites for hydroxylation is 1. The van der Waals surface area contributed by atoms with Gasteiger partial charge in [-0.05, 0) is 55.0 Å². The van der Waals surface area contributed by atoms with Crippen molar-refractivity contribution in [2.75, 3.05) is 0 Å². The van der Waals surface area contributed by atoms with E-state index in [0.29, 0.717) is 22.4 Å². The second-order valence-electron chi connectivity index (χ2n) is 5.39. The van der Waals surface area contributed by atoms with Crippen LogP contribution in [0, 0.1) is 6.92 Å². The lowest BCUT2D eigenvalue weighted by Crippen LogP contribution is -1.77. The van der Waals surface area contributed by atoms with Crippen LogP contribution in [0.4, 0.5) is 0 Å². The minimum atomic E-state index is 0.639. The lowest BCUT2D eigenvalue weighted by Gasteiger charge is -2.01. The standard InChI is InChI=1S/C18H12BrClN2O/c1-10-2-5-14-15(8-10)22-18(21-14)17-7-6-16(23-17)12-4-3-11(19)9-13(12)20/h2-9H,1H3,(H,21,22). The first-order valence-corrected chi connectivity index (χ1v) is 8.29. The molecule has 0 unspecified atom stereocenters. The maximum Gasteiger partial charge on any atom is 0.174 e. The lowest BCUT2D eigenvalue weighted by atomic mass is 10.2. The molecule has 0 aliphatic heterocycles. The molecule has 0 aliphatic carbocycles. The molecule has 0 spiro atoms. The van der Waals surface area contributed by atoms with Gasteiger partial charge in [0.1, 0.15) is 5.76 Å². The summed E-state index contributed by atoms with van der Waals surface area (Å²) in [7, 11) is 0. The quantitative estimate of drug-likeness (QED) is 0.444. The first-order chi connectivity index (χ1) is 11.1. The van der Waals surface area contributed by atoms with Crippen LogP contribution in [0.3, 0.4) is 0 Å². The summed E-state index contributed by atoms with van der Waals surface area (Å²) in [5.74, 6) is 2.12. The Bertz CT molecular complexity index is 1020. The van der Waals surface area contributed by atoms with Gasteiger partial charge >= 0.3 is 0 Å². The molecule has 0 fully saturated rings. The zero-order valence-corrected chi connectivity index (χ0v) is 14.6. The minimum absolute atomic E-state index is 0.639. The number of aromatic amines is 1. The topological polar surface area (TPSA) is 41.8 Å². The molecule has 0 aliphatic rings. The van der Waals surface area contributed by atoms with Gasteiger partial charge in [0.15, 0.2) is 11.6 Å².